The average Bonchev–Trinajstić information content (AvgIpc) is 2.86. The zero-order chi connectivity index (χ0) is 11.1. The van der Waals surface area contributed by atoms with Crippen LogP contribution in [-0.4, -0.2) is 5.78 Å². The molecule has 0 unspecified atom stereocenters. The minimum absolute atomic E-state index is 0.254. The summed E-state index contributed by atoms with van der Waals surface area (Å²) in [5, 5.41) is 2.76. The van der Waals surface area contributed by atoms with E-state index in [1.54, 1.807) is 11.3 Å². The van der Waals surface area contributed by atoms with E-state index < -0.39 is 0 Å². The van der Waals surface area contributed by atoms with Crippen molar-refractivity contribution in [3.8, 4) is 10.4 Å². The summed E-state index contributed by atoms with van der Waals surface area (Å²) in [5.74, 6) is 0.254. The Hall–Kier alpha value is -1.12. The smallest absolute Gasteiger partial charge is 0.163 e. The summed E-state index contributed by atoms with van der Waals surface area (Å²) < 4.78 is 0. The third-order valence-electron chi connectivity index (χ3n) is 2.94. The molecule has 1 aliphatic carbocycles. The lowest BCUT2D eigenvalue weighted by Gasteiger charge is -2.05. The van der Waals surface area contributed by atoms with Gasteiger partial charge in [-0.25, -0.2) is 0 Å². The van der Waals surface area contributed by atoms with Crippen molar-refractivity contribution in [1.82, 2.24) is 0 Å². The number of carbonyl (C=O) groups excluding carboxylic acids is 1. The second-order valence-corrected chi connectivity index (χ2v) is 5.18. The number of thiophene rings is 1. The molecule has 0 saturated carbocycles. The number of carbonyl (C=O) groups is 1. The molecular weight excluding hydrogens is 240 g/mol. The zero-order valence-corrected chi connectivity index (χ0v) is 10.1. The molecule has 80 valence electrons. The van der Waals surface area contributed by atoms with E-state index in [1.807, 2.05) is 23.6 Å². The van der Waals surface area contributed by atoms with Crippen LogP contribution in [0.3, 0.4) is 0 Å². The molecular formula is C13H9ClOS. The standard InChI is InChI=1S/C13H9ClOS/c14-11-6-7-16-13(11)10-3-1-2-9-8(10)4-5-12(9)15/h1-3,6-7H,4-5H2. The minimum atomic E-state index is 0.254. The summed E-state index contributed by atoms with van der Waals surface area (Å²) in [6.07, 6.45) is 1.48. The van der Waals surface area contributed by atoms with E-state index in [1.165, 1.54) is 0 Å². The Balaban J connectivity index is 2.24. The first-order chi connectivity index (χ1) is 7.77. The molecule has 0 aliphatic heterocycles. The lowest BCUT2D eigenvalue weighted by atomic mass is 10.0. The van der Waals surface area contributed by atoms with Gasteiger partial charge in [-0.05, 0) is 29.0 Å². The van der Waals surface area contributed by atoms with Crippen molar-refractivity contribution >= 4 is 28.7 Å². The number of hydrogen-bond acceptors (Lipinski definition) is 2. The molecule has 0 amide bonds. The average molecular weight is 249 g/mol. The lowest BCUT2D eigenvalue weighted by molar-refractivity contribution is 0.0994. The minimum Gasteiger partial charge on any atom is -0.294 e. The van der Waals surface area contributed by atoms with Gasteiger partial charge in [0.25, 0.3) is 0 Å². The van der Waals surface area contributed by atoms with E-state index in [0.717, 1.165) is 33.0 Å². The Morgan fingerprint density at radius 3 is 2.69 bits per heavy atom. The maximum atomic E-state index is 11.6. The molecule has 3 rings (SSSR count). The number of ketones is 1. The Morgan fingerprint density at radius 2 is 1.94 bits per heavy atom. The van der Waals surface area contributed by atoms with Gasteiger partial charge in [-0.1, -0.05) is 29.8 Å². The van der Waals surface area contributed by atoms with Gasteiger partial charge in [0.1, 0.15) is 0 Å². The normalized spacial score (nSPS) is 14.2. The highest BCUT2D eigenvalue weighted by atomic mass is 35.5. The summed E-state index contributed by atoms with van der Waals surface area (Å²) in [7, 11) is 0. The maximum Gasteiger partial charge on any atom is 0.163 e. The summed E-state index contributed by atoms with van der Waals surface area (Å²) in [4.78, 5) is 12.7. The fourth-order valence-electron chi connectivity index (χ4n) is 2.19. The molecule has 1 aromatic carbocycles. The molecule has 0 spiro atoms. The fourth-order valence-corrected chi connectivity index (χ4v) is 3.40. The van der Waals surface area contributed by atoms with Gasteiger partial charge in [-0.2, -0.15) is 0 Å². The lowest BCUT2D eigenvalue weighted by Crippen LogP contribution is -1.91. The topological polar surface area (TPSA) is 17.1 Å². The van der Waals surface area contributed by atoms with Crippen molar-refractivity contribution in [3.05, 3.63) is 45.8 Å². The monoisotopic (exact) mass is 248 g/mol. The second-order valence-electron chi connectivity index (χ2n) is 3.85. The molecule has 1 aliphatic rings. The molecule has 2 aromatic rings. The van der Waals surface area contributed by atoms with Gasteiger partial charge in [-0.3, -0.25) is 4.79 Å². The number of benzene rings is 1. The molecule has 0 fully saturated rings. The molecule has 0 radical (unpaired) electrons. The highest BCUT2D eigenvalue weighted by Crippen LogP contribution is 2.38. The molecule has 1 aromatic heterocycles. The second kappa shape index (κ2) is 3.72. The Labute approximate surface area is 103 Å². The predicted octanol–water partition coefficient (Wildman–Crippen LogP) is 4.20. The molecule has 1 heterocycles. The zero-order valence-electron chi connectivity index (χ0n) is 8.50. The van der Waals surface area contributed by atoms with E-state index >= 15 is 0 Å². The SMILES string of the molecule is O=C1CCc2c1cccc2-c1sccc1Cl. The van der Waals surface area contributed by atoms with E-state index in [2.05, 4.69) is 6.07 Å². The van der Waals surface area contributed by atoms with Gasteiger partial charge in [-0.15, -0.1) is 11.3 Å². The van der Waals surface area contributed by atoms with Crippen LogP contribution in [0.2, 0.25) is 5.02 Å². The van der Waals surface area contributed by atoms with Gasteiger partial charge in [0.05, 0.1) is 9.90 Å². The third-order valence-corrected chi connectivity index (χ3v) is 4.32. The van der Waals surface area contributed by atoms with Crippen LogP contribution in [0.1, 0.15) is 22.3 Å². The van der Waals surface area contributed by atoms with Gasteiger partial charge >= 0.3 is 0 Å². The van der Waals surface area contributed by atoms with E-state index in [4.69, 9.17) is 11.6 Å². The molecule has 0 saturated heterocycles. The Bertz CT molecular complexity index is 571. The molecule has 0 N–H and O–H groups in total. The largest absolute Gasteiger partial charge is 0.294 e. The Morgan fingerprint density at radius 1 is 1.12 bits per heavy atom. The maximum absolute atomic E-state index is 11.6. The first-order valence-corrected chi connectivity index (χ1v) is 6.41. The molecule has 0 atom stereocenters. The summed E-state index contributed by atoms with van der Waals surface area (Å²) in [6, 6.07) is 7.80. The van der Waals surface area contributed by atoms with Crippen molar-refractivity contribution < 1.29 is 4.79 Å². The first kappa shape index (κ1) is 10.1. The van der Waals surface area contributed by atoms with E-state index in [-0.39, 0.29) is 5.78 Å². The highest BCUT2D eigenvalue weighted by Gasteiger charge is 2.23. The molecule has 3 heteroatoms. The van der Waals surface area contributed by atoms with Crippen LogP contribution in [0, 0.1) is 0 Å². The number of hydrogen-bond donors (Lipinski definition) is 0. The van der Waals surface area contributed by atoms with Crippen LogP contribution >= 0.6 is 22.9 Å². The van der Waals surface area contributed by atoms with Crippen molar-refractivity contribution in [2.24, 2.45) is 0 Å². The van der Waals surface area contributed by atoms with Crippen molar-refractivity contribution in [2.75, 3.05) is 0 Å². The third kappa shape index (κ3) is 1.41. The van der Waals surface area contributed by atoms with Gasteiger partial charge in [0.15, 0.2) is 5.78 Å². The summed E-state index contributed by atoms with van der Waals surface area (Å²) in [5.41, 5.74) is 3.17. The van der Waals surface area contributed by atoms with E-state index in [0.29, 0.717) is 6.42 Å². The summed E-state index contributed by atoms with van der Waals surface area (Å²) in [6.45, 7) is 0. The van der Waals surface area contributed by atoms with Crippen molar-refractivity contribution in [2.45, 2.75) is 12.8 Å². The number of halogens is 1. The molecule has 16 heavy (non-hydrogen) atoms. The first-order valence-electron chi connectivity index (χ1n) is 5.16. The van der Waals surface area contributed by atoms with Gasteiger partial charge < -0.3 is 0 Å². The van der Waals surface area contributed by atoms with Crippen LogP contribution < -0.4 is 0 Å². The van der Waals surface area contributed by atoms with Gasteiger partial charge in [0.2, 0.25) is 0 Å². The quantitative estimate of drug-likeness (QED) is 0.739. The molecule has 1 nitrogen and oxygen atoms in total. The highest BCUT2D eigenvalue weighted by molar-refractivity contribution is 7.14. The van der Waals surface area contributed by atoms with E-state index in [9.17, 15) is 4.79 Å². The summed E-state index contributed by atoms with van der Waals surface area (Å²) >= 11 is 7.76. The Kier molecular flexibility index (Phi) is 2.34. The van der Waals surface area contributed by atoms with Crippen molar-refractivity contribution in [1.29, 1.82) is 0 Å². The van der Waals surface area contributed by atoms with Gasteiger partial charge in [0, 0.05) is 12.0 Å². The van der Waals surface area contributed by atoms with Crippen LogP contribution in [-0.2, 0) is 6.42 Å². The van der Waals surface area contributed by atoms with Crippen molar-refractivity contribution in [3.63, 3.8) is 0 Å². The molecule has 0 bridgehead atoms. The van der Waals surface area contributed by atoms with Crippen LogP contribution in [0.15, 0.2) is 29.6 Å². The number of fused-ring (bicyclic) bond motifs is 1. The fraction of sp³-hybridized carbons (Fsp3) is 0.154. The predicted molar refractivity (Wildman–Crippen MR) is 67.4 cm³/mol. The number of rotatable bonds is 1. The van der Waals surface area contributed by atoms with Crippen LogP contribution in [0.25, 0.3) is 10.4 Å². The van der Waals surface area contributed by atoms with Crippen LogP contribution in [0.4, 0.5) is 0 Å². The number of Topliss-reactive ketones (excluding diaryl/α,β-unsaturated/α-hetero) is 1. The van der Waals surface area contributed by atoms with Crippen LogP contribution in [0.5, 0.6) is 0 Å².